The summed E-state index contributed by atoms with van der Waals surface area (Å²) in [5.41, 5.74) is 24.4. The van der Waals surface area contributed by atoms with Gasteiger partial charge in [0.15, 0.2) is 0 Å². The number of benzene rings is 10. The van der Waals surface area contributed by atoms with Crippen molar-refractivity contribution in [1.82, 2.24) is 9.13 Å². The smallest absolute Gasteiger partial charge is 0.0541 e. The van der Waals surface area contributed by atoms with E-state index in [0.29, 0.717) is 0 Å². The highest BCUT2D eigenvalue weighted by molar-refractivity contribution is 6.11. The second kappa shape index (κ2) is 18.4. The Kier molecular flexibility index (Phi) is 11.3. The molecule has 1 aliphatic rings. The van der Waals surface area contributed by atoms with Crippen LogP contribution in [0.25, 0.3) is 66.1 Å². The Labute approximate surface area is 441 Å². The van der Waals surface area contributed by atoms with Gasteiger partial charge in [-0.25, -0.2) is 0 Å². The molecule has 0 spiro atoms. The minimum atomic E-state index is -0.271. The Hall–Kier alpha value is -8.60. The van der Waals surface area contributed by atoms with Crippen molar-refractivity contribution in [2.45, 2.75) is 72.6 Å². The normalized spacial score (nSPS) is 12.7. The van der Waals surface area contributed by atoms with E-state index in [9.17, 15) is 0 Å². The zero-order valence-electron chi connectivity index (χ0n) is 43.9. The number of para-hydroxylation sites is 2. The molecule has 0 saturated heterocycles. The quantitative estimate of drug-likeness (QED) is 0.121. The van der Waals surface area contributed by atoms with Crippen molar-refractivity contribution in [2.24, 2.45) is 0 Å². The second-order valence-corrected chi connectivity index (χ2v) is 21.0. The van der Waals surface area contributed by atoms with Crippen LogP contribution >= 0.6 is 0 Å². The van der Waals surface area contributed by atoms with Crippen LogP contribution in [-0.4, -0.2) is 9.13 Å². The van der Waals surface area contributed by atoms with Crippen LogP contribution in [0.1, 0.15) is 74.9 Å². The van der Waals surface area contributed by atoms with Crippen LogP contribution < -0.4 is 9.80 Å². The van der Waals surface area contributed by atoms with Crippen molar-refractivity contribution in [3.05, 3.63) is 252 Å². The summed E-state index contributed by atoms with van der Waals surface area (Å²) in [4.78, 5) is 4.82. The van der Waals surface area contributed by atoms with E-state index >= 15 is 0 Å². The molecule has 10 aromatic carbocycles. The summed E-state index contributed by atoms with van der Waals surface area (Å²) in [6.07, 6.45) is 4.06. The fourth-order valence-corrected chi connectivity index (χ4v) is 12.2. The fourth-order valence-electron chi connectivity index (χ4n) is 12.2. The number of fused-ring (bicyclic) bond motifs is 9. The Bertz CT molecular complexity index is 3730. The van der Waals surface area contributed by atoms with Crippen molar-refractivity contribution in [1.29, 1.82) is 0 Å². The first-order valence-electron chi connectivity index (χ1n) is 27.1. The molecule has 4 nitrogen and oxygen atoms in total. The number of hydrogen-bond donors (Lipinski definition) is 0. The van der Waals surface area contributed by atoms with E-state index < -0.39 is 0 Å². The lowest BCUT2D eigenvalue weighted by atomic mass is 9.82. The van der Waals surface area contributed by atoms with E-state index in [2.05, 4.69) is 279 Å². The lowest BCUT2D eigenvalue weighted by Crippen LogP contribution is -2.17. The van der Waals surface area contributed by atoms with E-state index in [1.54, 1.807) is 0 Å². The maximum atomic E-state index is 2.44. The second-order valence-electron chi connectivity index (χ2n) is 21.0. The van der Waals surface area contributed by atoms with E-state index in [1.165, 1.54) is 88.1 Å². The molecule has 0 bridgehead atoms. The van der Waals surface area contributed by atoms with Gasteiger partial charge in [-0.05, 0) is 216 Å². The molecule has 366 valence electrons. The molecule has 0 radical (unpaired) electrons. The molecule has 0 N–H and O–H groups in total. The molecule has 0 fully saturated rings. The number of rotatable bonds is 12. The highest BCUT2D eigenvalue weighted by Gasteiger charge is 2.37. The van der Waals surface area contributed by atoms with Crippen LogP contribution in [-0.2, 0) is 31.1 Å². The third kappa shape index (κ3) is 7.65. The van der Waals surface area contributed by atoms with Crippen LogP contribution in [0.2, 0.25) is 0 Å². The van der Waals surface area contributed by atoms with Crippen molar-refractivity contribution in [3.8, 4) is 22.5 Å². The molecule has 0 atom stereocenters. The summed E-state index contributed by atoms with van der Waals surface area (Å²) in [7, 11) is 0. The lowest BCUT2D eigenvalue weighted by molar-refractivity contribution is 0.660. The Morgan fingerprint density at radius 1 is 0.307 bits per heavy atom. The molecule has 12 aromatic rings. The number of hydrogen-bond acceptors (Lipinski definition) is 2. The van der Waals surface area contributed by atoms with Gasteiger partial charge in [0.05, 0.1) is 22.1 Å². The number of aromatic nitrogens is 2. The summed E-state index contributed by atoms with van der Waals surface area (Å²) in [5.74, 6) is 0. The van der Waals surface area contributed by atoms with E-state index in [0.717, 1.165) is 71.2 Å². The van der Waals surface area contributed by atoms with Crippen molar-refractivity contribution in [2.75, 3.05) is 9.80 Å². The predicted octanol–water partition coefficient (Wildman–Crippen LogP) is 19.4. The van der Waals surface area contributed by atoms with Gasteiger partial charge in [0.1, 0.15) is 0 Å². The minimum Gasteiger partial charge on any atom is -0.310 e. The Morgan fingerprint density at radius 2 is 0.600 bits per heavy atom. The zero-order valence-corrected chi connectivity index (χ0v) is 43.9. The van der Waals surface area contributed by atoms with Crippen LogP contribution in [0.3, 0.4) is 0 Å². The standard InChI is InChI=1S/C71H62N4/c1-7-47-21-37-67-61(41-47)62-42-48(8-2)22-38-68(62)74(67)55-29-25-53(26-30-55)72(51-17-13-11-14-18-51)57-33-35-59-60-36-34-58(46-66(60)71(5,6)65(59)45-57)73(52-19-15-12-16-20-52)54-27-31-56(32-28-54)75-69-39-23-49(9-3)43-63(69)64-44-50(10-4)24-40-70(64)75/h11-46H,7-10H2,1-6H3. The highest BCUT2D eigenvalue weighted by atomic mass is 15.1. The van der Waals surface area contributed by atoms with Crippen LogP contribution in [0.5, 0.6) is 0 Å². The molecule has 2 heterocycles. The van der Waals surface area contributed by atoms with Crippen molar-refractivity contribution < 1.29 is 0 Å². The SMILES string of the molecule is CCc1ccc2c(c1)c1cc(CC)ccc1n2-c1ccc(N(c2ccccc2)c2ccc3c(c2)C(C)(C)c2cc(N(c4ccccc4)c4ccc(-n5c6ccc(CC)cc6c6cc(CC)ccc65)cc4)ccc2-3)cc1. The Balaban J connectivity index is 0.862. The molecule has 4 heteroatoms. The highest BCUT2D eigenvalue weighted by Crippen LogP contribution is 2.53. The first-order chi connectivity index (χ1) is 36.7. The van der Waals surface area contributed by atoms with E-state index in [-0.39, 0.29) is 5.41 Å². The lowest BCUT2D eigenvalue weighted by Gasteiger charge is -2.29. The Morgan fingerprint density at radius 3 is 0.907 bits per heavy atom. The third-order valence-electron chi connectivity index (χ3n) is 16.3. The summed E-state index contributed by atoms with van der Waals surface area (Å²) in [6.45, 7) is 13.7. The van der Waals surface area contributed by atoms with Gasteiger partial charge < -0.3 is 18.9 Å². The predicted molar refractivity (Wildman–Crippen MR) is 320 cm³/mol. The first-order valence-corrected chi connectivity index (χ1v) is 27.1. The van der Waals surface area contributed by atoms with E-state index in [4.69, 9.17) is 0 Å². The van der Waals surface area contributed by atoms with Gasteiger partial charge in [0.25, 0.3) is 0 Å². The van der Waals surface area contributed by atoms with Gasteiger partial charge in [0.2, 0.25) is 0 Å². The van der Waals surface area contributed by atoms with Crippen LogP contribution in [0.15, 0.2) is 218 Å². The molecular formula is C71H62N4. The summed E-state index contributed by atoms with van der Waals surface area (Å²) in [5, 5.41) is 5.27. The molecule has 0 unspecified atom stereocenters. The molecule has 0 saturated carbocycles. The largest absolute Gasteiger partial charge is 0.310 e. The monoisotopic (exact) mass is 970 g/mol. The molecule has 0 aliphatic heterocycles. The minimum absolute atomic E-state index is 0.271. The van der Waals surface area contributed by atoms with Crippen LogP contribution in [0, 0.1) is 0 Å². The maximum Gasteiger partial charge on any atom is 0.0541 e. The molecule has 75 heavy (non-hydrogen) atoms. The van der Waals surface area contributed by atoms with Gasteiger partial charge >= 0.3 is 0 Å². The van der Waals surface area contributed by atoms with Gasteiger partial charge in [-0.15, -0.1) is 0 Å². The van der Waals surface area contributed by atoms with Gasteiger partial charge in [-0.2, -0.15) is 0 Å². The molecule has 0 amide bonds. The van der Waals surface area contributed by atoms with Crippen molar-refractivity contribution >= 4 is 77.7 Å². The van der Waals surface area contributed by atoms with Crippen LogP contribution in [0.4, 0.5) is 34.1 Å². The van der Waals surface area contributed by atoms with Gasteiger partial charge in [0, 0.05) is 72.5 Å². The molecule has 1 aliphatic carbocycles. The maximum absolute atomic E-state index is 2.44. The summed E-state index contributed by atoms with van der Waals surface area (Å²) in [6, 6.07) is 82.1. The van der Waals surface area contributed by atoms with Crippen molar-refractivity contribution in [3.63, 3.8) is 0 Å². The average Bonchev–Trinajstić information content (AvgIpc) is 4.05. The summed E-state index contributed by atoms with van der Waals surface area (Å²) >= 11 is 0. The van der Waals surface area contributed by atoms with Gasteiger partial charge in [-0.3, -0.25) is 0 Å². The van der Waals surface area contributed by atoms with E-state index in [1.807, 2.05) is 0 Å². The van der Waals surface area contributed by atoms with Gasteiger partial charge in [-0.1, -0.05) is 114 Å². The fraction of sp³-hybridized carbons (Fsp3) is 0.155. The summed E-state index contributed by atoms with van der Waals surface area (Å²) < 4.78 is 4.88. The molecule has 2 aromatic heterocycles. The molecule has 13 rings (SSSR count). The number of anilines is 6. The third-order valence-corrected chi connectivity index (χ3v) is 16.3. The first kappa shape index (κ1) is 46.2. The number of nitrogens with zero attached hydrogens (tertiary/aromatic N) is 4. The average molecular weight is 971 g/mol. The number of aryl methyl sites for hydroxylation is 4. The topological polar surface area (TPSA) is 16.3 Å². The molecular weight excluding hydrogens is 909 g/mol. The zero-order chi connectivity index (χ0) is 51.0.